The van der Waals surface area contributed by atoms with Crippen LogP contribution >= 0.6 is 0 Å². The van der Waals surface area contributed by atoms with E-state index in [2.05, 4.69) is 73.7 Å². The third-order valence-corrected chi connectivity index (χ3v) is 8.63. The summed E-state index contributed by atoms with van der Waals surface area (Å²) >= 11 is 0. The number of nitrogens with zero attached hydrogens (tertiary/aromatic N) is 1. The molecule has 0 radical (unpaired) electrons. The molecule has 4 atom stereocenters. The molecule has 3 fully saturated rings. The molecule has 5 nitrogen and oxygen atoms in total. The highest BCUT2D eigenvalue weighted by Crippen LogP contribution is 2.55. The van der Waals surface area contributed by atoms with Crippen LogP contribution in [0.4, 0.5) is 0 Å². The van der Waals surface area contributed by atoms with Crippen LogP contribution in [0.1, 0.15) is 30.5 Å². The molecule has 33 heavy (non-hydrogen) atoms. The van der Waals surface area contributed by atoms with E-state index in [9.17, 15) is 9.59 Å². The van der Waals surface area contributed by atoms with E-state index in [1.165, 1.54) is 21.6 Å². The smallest absolute Gasteiger partial charge is 0.238 e. The number of likely N-dealkylation sites (tertiary alicyclic amines) is 1. The Labute approximate surface area is 195 Å². The number of amides is 2. The molecule has 2 amide bonds. The lowest BCUT2D eigenvalue weighted by molar-refractivity contribution is -1.03. The molecule has 2 heterocycles. The van der Waals surface area contributed by atoms with Gasteiger partial charge in [0.15, 0.2) is 6.67 Å². The van der Waals surface area contributed by atoms with Crippen LogP contribution in [0.2, 0.25) is 0 Å². The quantitative estimate of drug-likeness (QED) is 0.528. The van der Waals surface area contributed by atoms with Gasteiger partial charge >= 0.3 is 0 Å². The summed E-state index contributed by atoms with van der Waals surface area (Å²) in [5, 5.41) is 0. The van der Waals surface area contributed by atoms with Crippen molar-refractivity contribution in [1.82, 2.24) is 4.90 Å². The fourth-order valence-electron chi connectivity index (χ4n) is 7.04. The van der Waals surface area contributed by atoms with Crippen LogP contribution in [-0.2, 0) is 9.59 Å². The van der Waals surface area contributed by atoms with Crippen molar-refractivity contribution in [2.45, 2.75) is 19.4 Å². The van der Waals surface area contributed by atoms with Gasteiger partial charge < -0.3 is 9.80 Å². The number of benzene rings is 2. The van der Waals surface area contributed by atoms with Crippen molar-refractivity contribution in [3.05, 3.63) is 83.4 Å². The fourth-order valence-corrected chi connectivity index (χ4v) is 7.04. The van der Waals surface area contributed by atoms with Gasteiger partial charge in [0.2, 0.25) is 11.8 Å². The standard InChI is InChI=1S/C28H31N3O2/c1-19-16-22-17-23(19)25-24(22)27(32)31(28(25)33)18-29-12-14-30(15-13-29)26(20-8-4-2-5-9-20)21-10-6-3-7-11-21/h2-11,16,22-26H,12-15,17-18H2,1H3/p+2/t22-,23-,24+,25-/m0/s1. The summed E-state index contributed by atoms with van der Waals surface area (Å²) in [6, 6.07) is 21.9. The predicted octanol–water partition coefficient (Wildman–Crippen LogP) is 0.714. The SMILES string of the molecule is CC1=C[C@H]2C[C@@H]1[C@@H]1C(=O)N(C[NH+]3CC[NH+](C(c4ccccc4)c4ccccc4)CC3)C(=O)[C@@H]12. The molecular formula is C28H33N3O2+2. The minimum atomic E-state index is -0.0851. The molecular weight excluding hydrogens is 410 g/mol. The average molecular weight is 444 g/mol. The molecule has 2 bridgehead atoms. The molecule has 0 unspecified atom stereocenters. The Kier molecular flexibility index (Phi) is 5.19. The lowest BCUT2D eigenvalue weighted by Gasteiger charge is -2.36. The number of imide groups is 1. The van der Waals surface area contributed by atoms with Crippen molar-refractivity contribution in [1.29, 1.82) is 0 Å². The Bertz CT molecular complexity index is 1040. The van der Waals surface area contributed by atoms with E-state index >= 15 is 0 Å². The number of carbonyl (C=O) groups is 2. The molecule has 0 aromatic heterocycles. The molecule has 170 valence electrons. The highest BCUT2D eigenvalue weighted by molar-refractivity contribution is 6.06. The number of fused-ring (bicyclic) bond motifs is 5. The topological polar surface area (TPSA) is 46.3 Å². The van der Waals surface area contributed by atoms with Gasteiger partial charge in [0.25, 0.3) is 0 Å². The second kappa shape index (κ2) is 8.23. The van der Waals surface area contributed by atoms with Crippen molar-refractivity contribution < 1.29 is 19.4 Å². The van der Waals surface area contributed by atoms with E-state index in [0.29, 0.717) is 18.6 Å². The van der Waals surface area contributed by atoms with Crippen molar-refractivity contribution in [2.24, 2.45) is 23.7 Å². The zero-order valence-electron chi connectivity index (χ0n) is 19.2. The zero-order chi connectivity index (χ0) is 22.5. The Morgan fingerprint density at radius 2 is 1.42 bits per heavy atom. The first-order valence-corrected chi connectivity index (χ1v) is 12.4. The molecule has 1 saturated carbocycles. The Morgan fingerprint density at radius 3 is 2.03 bits per heavy atom. The van der Waals surface area contributed by atoms with E-state index < -0.39 is 0 Å². The number of piperazine rings is 1. The number of hydrogen-bond acceptors (Lipinski definition) is 2. The van der Waals surface area contributed by atoms with E-state index in [1.54, 1.807) is 9.80 Å². The zero-order valence-corrected chi connectivity index (χ0v) is 19.2. The molecule has 5 heteroatoms. The normalized spacial score (nSPS) is 33.0. The second-order valence-electron chi connectivity index (χ2n) is 10.4. The van der Waals surface area contributed by atoms with Gasteiger partial charge in [-0.25, -0.2) is 4.90 Å². The summed E-state index contributed by atoms with van der Waals surface area (Å²) in [6.07, 6.45) is 3.25. The second-order valence-corrected chi connectivity index (χ2v) is 10.4. The van der Waals surface area contributed by atoms with Crippen molar-refractivity contribution >= 4 is 11.8 Å². The summed E-state index contributed by atoms with van der Waals surface area (Å²) in [7, 11) is 0. The molecule has 0 spiro atoms. The molecule has 2 N–H and O–H groups in total. The minimum absolute atomic E-state index is 0.0839. The monoisotopic (exact) mass is 443 g/mol. The molecule has 6 rings (SSSR count). The Hall–Kier alpha value is -2.76. The van der Waals surface area contributed by atoms with Gasteiger partial charge in [0, 0.05) is 11.1 Å². The van der Waals surface area contributed by atoms with Crippen LogP contribution in [0, 0.1) is 23.7 Å². The summed E-state index contributed by atoms with van der Waals surface area (Å²) in [4.78, 5) is 30.9. The number of carbonyl (C=O) groups excluding carboxylic acids is 2. The van der Waals surface area contributed by atoms with Crippen LogP contribution in [0.25, 0.3) is 0 Å². The first-order chi connectivity index (χ1) is 16.1. The lowest BCUT2D eigenvalue weighted by atomic mass is 9.82. The summed E-state index contributed by atoms with van der Waals surface area (Å²) in [5.74, 6) is 0.608. The fraction of sp³-hybridized carbons (Fsp3) is 0.429. The van der Waals surface area contributed by atoms with E-state index in [-0.39, 0.29) is 29.6 Å². The van der Waals surface area contributed by atoms with E-state index in [1.807, 2.05) is 0 Å². The number of rotatable bonds is 5. The van der Waals surface area contributed by atoms with Crippen LogP contribution in [0.3, 0.4) is 0 Å². The Morgan fingerprint density at radius 1 is 0.848 bits per heavy atom. The first kappa shape index (κ1) is 20.8. The number of quaternary nitrogens is 2. The van der Waals surface area contributed by atoms with E-state index in [4.69, 9.17) is 0 Å². The largest absolute Gasteiger partial charge is 0.316 e. The molecule has 2 aliphatic heterocycles. The average Bonchev–Trinajstić information content (AvgIpc) is 3.48. The third-order valence-electron chi connectivity index (χ3n) is 8.63. The lowest BCUT2D eigenvalue weighted by Crippen LogP contribution is -3.28. The van der Waals surface area contributed by atoms with Crippen LogP contribution < -0.4 is 9.80 Å². The maximum Gasteiger partial charge on any atom is 0.238 e. The minimum Gasteiger partial charge on any atom is -0.316 e. The summed E-state index contributed by atoms with van der Waals surface area (Å²) in [5.41, 5.74) is 4.01. The van der Waals surface area contributed by atoms with Gasteiger partial charge in [-0.1, -0.05) is 72.3 Å². The van der Waals surface area contributed by atoms with Crippen molar-refractivity contribution in [3.8, 4) is 0 Å². The van der Waals surface area contributed by atoms with E-state index in [0.717, 1.165) is 32.6 Å². The van der Waals surface area contributed by atoms with Gasteiger partial charge in [0.1, 0.15) is 32.2 Å². The number of nitrogens with one attached hydrogen (secondary N) is 2. The maximum absolute atomic E-state index is 13.2. The van der Waals surface area contributed by atoms with Crippen LogP contribution in [0.5, 0.6) is 0 Å². The number of hydrogen-bond donors (Lipinski definition) is 2. The van der Waals surface area contributed by atoms with Crippen LogP contribution in [0.15, 0.2) is 72.3 Å². The van der Waals surface area contributed by atoms with Gasteiger partial charge in [0.05, 0.1) is 11.8 Å². The predicted molar refractivity (Wildman–Crippen MR) is 125 cm³/mol. The summed E-state index contributed by atoms with van der Waals surface area (Å²) in [6.45, 7) is 6.67. The first-order valence-electron chi connectivity index (χ1n) is 12.4. The molecule has 2 saturated heterocycles. The summed E-state index contributed by atoms with van der Waals surface area (Å²) < 4.78 is 0. The van der Waals surface area contributed by atoms with Crippen molar-refractivity contribution in [2.75, 3.05) is 32.8 Å². The number of allylic oxidation sites excluding steroid dienone is 2. The molecule has 2 aromatic rings. The van der Waals surface area contributed by atoms with Gasteiger partial charge in [-0.3, -0.25) is 9.59 Å². The van der Waals surface area contributed by atoms with Crippen LogP contribution in [-0.4, -0.2) is 49.6 Å². The maximum atomic E-state index is 13.2. The third kappa shape index (κ3) is 3.46. The van der Waals surface area contributed by atoms with Gasteiger partial charge in [-0.2, -0.15) is 0 Å². The van der Waals surface area contributed by atoms with Gasteiger partial charge in [-0.15, -0.1) is 0 Å². The highest BCUT2D eigenvalue weighted by Gasteiger charge is 2.61. The highest BCUT2D eigenvalue weighted by atomic mass is 16.2. The van der Waals surface area contributed by atoms with Gasteiger partial charge in [-0.05, 0) is 25.2 Å². The molecule has 2 aliphatic carbocycles. The van der Waals surface area contributed by atoms with Crippen molar-refractivity contribution in [3.63, 3.8) is 0 Å². The molecule has 4 aliphatic rings. The molecule has 2 aromatic carbocycles. The Balaban J connectivity index is 1.14.